The van der Waals surface area contributed by atoms with E-state index in [0.717, 1.165) is 13.1 Å². The number of nitrogen functional groups attached to an aromatic ring is 1. The Balaban J connectivity index is 2.68. The number of anilines is 2. The second-order valence-electron chi connectivity index (χ2n) is 3.37. The Bertz CT molecular complexity index is 273. The van der Waals surface area contributed by atoms with Crippen LogP contribution < -0.4 is 10.6 Å². The second-order valence-corrected chi connectivity index (χ2v) is 3.37. The van der Waals surface area contributed by atoms with Crippen molar-refractivity contribution in [2.45, 2.75) is 26.7 Å². The number of nitrogens with zero attached hydrogens (tertiary/aromatic N) is 2. The van der Waals surface area contributed by atoms with Gasteiger partial charge < -0.3 is 10.6 Å². The van der Waals surface area contributed by atoms with E-state index in [4.69, 9.17) is 5.73 Å². The van der Waals surface area contributed by atoms with Crippen LogP contribution in [0.3, 0.4) is 0 Å². The highest BCUT2D eigenvalue weighted by Crippen LogP contribution is 2.15. The quantitative estimate of drug-likeness (QED) is 0.780. The first kappa shape index (κ1) is 10.8. The van der Waals surface area contributed by atoms with Crippen molar-refractivity contribution in [1.82, 2.24) is 4.98 Å². The summed E-state index contributed by atoms with van der Waals surface area (Å²) in [5.41, 5.74) is 6.82. The van der Waals surface area contributed by atoms with Gasteiger partial charge in [-0.2, -0.15) is 0 Å². The SMILES string of the molecule is CCCCN(CC)c1ccnc(N)c1. The van der Waals surface area contributed by atoms with Crippen LogP contribution in [0.1, 0.15) is 26.7 Å². The van der Waals surface area contributed by atoms with Crippen LogP contribution in [0.25, 0.3) is 0 Å². The zero-order chi connectivity index (χ0) is 10.4. The van der Waals surface area contributed by atoms with Crippen molar-refractivity contribution < 1.29 is 0 Å². The first-order valence-electron chi connectivity index (χ1n) is 5.24. The van der Waals surface area contributed by atoms with Gasteiger partial charge in [0.05, 0.1) is 0 Å². The smallest absolute Gasteiger partial charge is 0.125 e. The number of nitrogens with two attached hydrogens (primary N) is 1. The Morgan fingerprint density at radius 2 is 2.21 bits per heavy atom. The number of unbranched alkanes of at least 4 members (excludes halogenated alkanes) is 1. The fourth-order valence-corrected chi connectivity index (χ4v) is 1.45. The van der Waals surface area contributed by atoms with E-state index < -0.39 is 0 Å². The van der Waals surface area contributed by atoms with Gasteiger partial charge in [0.25, 0.3) is 0 Å². The molecular formula is C11H19N3. The molecule has 2 N–H and O–H groups in total. The predicted molar refractivity (Wildman–Crippen MR) is 61.4 cm³/mol. The van der Waals surface area contributed by atoms with Gasteiger partial charge in [-0.1, -0.05) is 13.3 Å². The summed E-state index contributed by atoms with van der Waals surface area (Å²) >= 11 is 0. The normalized spacial score (nSPS) is 10.1. The summed E-state index contributed by atoms with van der Waals surface area (Å²) in [4.78, 5) is 6.31. The Morgan fingerprint density at radius 1 is 1.43 bits per heavy atom. The maximum Gasteiger partial charge on any atom is 0.125 e. The molecule has 0 saturated heterocycles. The molecule has 0 amide bonds. The zero-order valence-corrected chi connectivity index (χ0v) is 9.03. The summed E-state index contributed by atoms with van der Waals surface area (Å²) in [6.07, 6.45) is 4.20. The molecule has 1 heterocycles. The average Bonchev–Trinajstić information content (AvgIpc) is 2.19. The fraction of sp³-hybridized carbons (Fsp3) is 0.545. The van der Waals surface area contributed by atoms with Gasteiger partial charge in [-0.3, -0.25) is 0 Å². The number of hydrogen-bond donors (Lipinski definition) is 1. The van der Waals surface area contributed by atoms with Crippen molar-refractivity contribution in [3.63, 3.8) is 0 Å². The van der Waals surface area contributed by atoms with Gasteiger partial charge in [-0.05, 0) is 19.4 Å². The van der Waals surface area contributed by atoms with Gasteiger partial charge >= 0.3 is 0 Å². The van der Waals surface area contributed by atoms with Crippen molar-refractivity contribution in [2.24, 2.45) is 0 Å². The maximum atomic E-state index is 5.64. The number of hydrogen-bond acceptors (Lipinski definition) is 3. The highest BCUT2D eigenvalue weighted by atomic mass is 15.1. The van der Waals surface area contributed by atoms with Crippen molar-refractivity contribution in [3.8, 4) is 0 Å². The highest BCUT2D eigenvalue weighted by molar-refractivity contribution is 5.51. The molecule has 14 heavy (non-hydrogen) atoms. The molecule has 0 saturated carbocycles. The van der Waals surface area contributed by atoms with Gasteiger partial charge in [-0.25, -0.2) is 4.98 Å². The molecule has 1 aromatic heterocycles. The molecule has 0 aromatic carbocycles. The number of pyridine rings is 1. The lowest BCUT2D eigenvalue weighted by molar-refractivity contribution is 0.732. The number of rotatable bonds is 5. The summed E-state index contributed by atoms with van der Waals surface area (Å²) in [5.74, 6) is 0.595. The van der Waals surface area contributed by atoms with Gasteiger partial charge in [0.1, 0.15) is 5.82 Å². The highest BCUT2D eigenvalue weighted by Gasteiger charge is 2.03. The third kappa shape index (κ3) is 2.91. The van der Waals surface area contributed by atoms with Gasteiger partial charge in [0.15, 0.2) is 0 Å². The van der Waals surface area contributed by atoms with Crippen molar-refractivity contribution in [3.05, 3.63) is 18.3 Å². The monoisotopic (exact) mass is 193 g/mol. The molecule has 1 aromatic rings. The van der Waals surface area contributed by atoms with Gasteiger partial charge in [-0.15, -0.1) is 0 Å². The molecule has 0 aliphatic carbocycles. The van der Waals surface area contributed by atoms with Crippen molar-refractivity contribution in [1.29, 1.82) is 0 Å². The molecule has 3 nitrogen and oxygen atoms in total. The van der Waals surface area contributed by atoms with Gasteiger partial charge in [0.2, 0.25) is 0 Å². The molecule has 0 fully saturated rings. The molecule has 0 bridgehead atoms. The molecule has 0 spiro atoms. The van der Waals surface area contributed by atoms with E-state index in [1.807, 2.05) is 12.1 Å². The van der Waals surface area contributed by atoms with E-state index in [1.54, 1.807) is 6.20 Å². The predicted octanol–water partition coefficient (Wildman–Crippen LogP) is 2.29. The Kier molecular flexibility index (Phi) is 4.23. The first-order valence-corrected chi connectivity index (χ1v) is 5.24. The largest absolute Gasteiger partial charge is 0.384 e. The van der Waals surface area contributed by atoms with Crippen LogP contribution in [0.5, 0.6) is 0 Å². The summed E-state index contributed by atoms with van der Waals surface area (Å²) < 4.78 is 0. The topological polar surface area (TPSA) is 42.2 Å². The fourth-order valence-electron chi connectivity index (χ4n) is 1.45. The van der Waals surface area contributed by atoms with E-state index >= 15 is 0 Å². The van der Waals surface area contributed by atoms with Crippen LogP contribution in [0.15, 0.2) is 18.3 Å². The number of aromatic nitrogens is 1. The second kappa shape index (κ2) is 5.47. The summed E-state index contributed by atoms with van der Waals surface area (Å²) in [6, 6.07) is 3.94. The van der Waals surface area contributed by atoms with E-state index in [-0.39, 0.29) is 0 Å². The lowest BCUT2D eigenvalue weighted by Gasteiger charge is -2.22. The Labute approximate surface area is 85.9 Å². The minimum Gasteiger partial charge on any atom is -0.384 e. The third-order valence-electron chi connectivity index (χ3n) is 2.29. The van der Waals surface area contributed by atoms with Crippen LogP contribution in [0, 0.1) is 0 Å². The molecule has 0 aliphatic rings. The standard InChI is InChI=1S/C11H19N3/c1-3-5-8-14(4-2)10-6-7-13-11(12)9-10/h6-7,9H,3-5,8H2,1-2H3,(H2,12,13). The molecule has 1 rings (SSSR count). The third-order valence-corrected chi connectivity index (χ3v) is 2.29. The Hall–Kier alpha value is -1.25. The molecule has 0 atom stereocenters. The first-order chi connectivity index (χ1) is 6.77. The molecule has 0 radical (unpaired) electrons. The lowest BCUT2D eigenvalue weighted by atomic mass is 10.2. The average molecular weight is 193 g/mol. The maximum absolute atomic E-state index is 5.64. The summed E-state index contributed by atoms with van der Waals surface area (Å²) in [6.45, 7) is 6.47. The molecule has 78 valence electrons. The van der Waals surface area contributed by atoms with E-state index in [9.17, 15) is 0 Å². The van der Waals surface area contributed by atoms with Crippen molar-refractivity contribution >= 4 is 11.5 Å². The lowest BCUT2D eigenvalue weighted by Crippen LogP contribution is -2.23. The van der Waals surface area contributed by atoms with Gasteiger partial charge in [0, 0.05) is 31.0 Å². The van der Waals surface area contributed by atoms with E-state index in [0.29, 0.717) is 5.82 Å². The molecule has 0 unspecified atom stereocenters. The minimum absolute atomic E-state index is 0.595. The van der Waals surface area contributed by atoms with Crippen LogP contribution in [0.4, 0.5) is 11.5 Å². The van der Waals surface area contributed by atoms with Crippen molar-refractivity contribution in [2.75, 3.05) is 23.7 Å². The zero-order valence-electron chi connectivity index (χ0n) is 9.03. The van der Waals surface area contributed by atoms with E-state index in [2.05, 4.69) is 23.7 Å². The summed E-state index contributed by atoms with van der Waals surface area (Å²) in [5, 5.41) is 0. The molecule has 0 aliphatic heterocycles. The Morgan fingerprint density at radius 3 is 2.79 bits per heavy atom. The molecular weight excluding hydrogens is 174 g/mol. The van der Waals surface area contributed by atoms with Crippen LogP contribution >= 0.6 is 0 Å². The minimum atomic E-state index is 0.595. The van der Waals surface area contributed by atoms with E-state index in [1.165, 1.54) is 18.5 Å². The summed E-state index contributed by atoms with van der Waals surface area (Å²) in [7, 11) is 0. The molecule has 3 heteroatoms. The van der Waals surface area contributed by atoms with Crippen LogP contribution in [0.2, 0.25) is 0 Å². The van der Waals surface area contributed by atoms with Crippen LogP contribution in [-0.2, 0) is 0 Å². The van der Waals surface area contributed by atoms with Crippen LogP contribution in [-0.4, -0.2) is 18.1 Å².